The topological polar surface area (TPSA) is 77.8 Å². The number of hydrogen-bond acceptors (Lipinski definition) is 4. The van der Waals surface area contributed by atoms with Gasteiger partial charge in [0.2, 0.25) is 5.95 Å². The zero-order chi connectivity index (χ0) is 31.6. The number of nitrogens with two attached hydrogens (primary N) is 2. The van der Waals surface area contributed by atoms with Gasteiger partial charge in [0.25, 0.3) is 0 Å². The van der Waals surface area contributed by atoms with Gasteiger partial charge in [0.1, 0.15) is 0 Å². The second kappa shape index (κ2) is 14.5. The highest BCUT2D eigenvalue weighted by Crippen LogP contribution is 2.30. The molecule has 0 bridgehead atoms. The molecule has 0 aliphatic carbocycles. The van der Waals surface area contributed by atoms with Gasteiger partial charge in [-0.25, -0.2) is 9.97 Å². The molecule has 0 aliphatic heterocycles. The number of anilines is 2. The Labute approximate surface area is 269 Å². The van der Waals surface area contributed by atoms with Crippen LogP contribution in [0.1, 0.15) is 0 Å². The molecule has 7 aromatic carbocycles. The summed E-state index contributed by atoms with van der Waals surface area (Å²) < 4.78 is 0. The summed E-state index contributed by atoms with van der Waals surface area (Å²) in [5.74, 6) is 0.318. The standard InChI is InChI=1S/C24H19N.C12H9N3.C6H6/c25-24-12-5-4-11-23(24)20-15-13-19(14-16-20)22-10-6-9-21(17-22)18-7-2-1-3-8-18;13-12-14-7-9-6-5-8-3-1-2-4-10(8)11(9)15-12;1-2-4-6-5-3-1/h1-17H,25H2;1-7H,(H2,13,14,15);1-6H. The molecule has 4 nitrogen and oxygen atoms in total. The van der Waals surface area contributed by atoms with E-state index in [2.05, 4.69) is 101 Å². The van der Waals surface area contributed by atoms with Gasteiger partial charge in [-0.05, 0) is 45.3 Å². The Bertz CT molecular complexity index is 2130. The van der Waals surface area contributed by atoms with E-state index in [4.69, 9.17) is 11.5 Å². The van der Waals surface area contributed by atoms with Crippen LogP contribution in [-0.2, 0) is 0 Å². The van der Waals surface area contributed by atoms with Crippen LogP contribution in [0.2, 0.25) is 0 Å². The van der Waals surface area contributed by atoms with E-state index in [1.807, 2.05) is 84.9 Å². The van der Waals surface area contributed by atoms with Gasteiger partial charge in [-0.3, -0.25) is 0 Å². The lowest BCUT2D eigenvalue weighted by Gasteiger charge is -2.09. The molecule has 8 aromatic rings. The Balaban J connectivity index is 0.000000148. The average molecular weight is 595 g/mol. The Morgan fingerprint density at radius 3 is 1.61 bits per heavy atom. The van der Waals surface area contributed by atoms with Gasteiger partial charge in [-0.15, -0.1) is 0 Å². The van der Waals surface area contributed by atoms with Crippen LogP contribution in [0.25, 0.3) is 55.1 Å². The maximum atomic E-state index is 6.09. The number of nitrogen functional groups attached to an aromatic ring is 2. The van der Waals surface area contributed by atoms with Gasteiger partial charge >= 0.3 is 0 Å². The lowest BCUT2D eigenvalue weighted by atomic mass is 9.97. The first kappa shape index (κ1) is 29.8. The molecule has 4 N–H and O–H groups in total. The van der Waals surface area contributed by atoms with Crippen molar-refractivity contribution in [2.24, 2.45) is 0 Å². The molecule has 222 valence electrons. The molecule has 0 aliphatic rings. The lowest BCUT2D eigenvalue weighted by molar-refractivity contribution is 1.24. The molecule has 0 fully saturated rings. The molecular formula is C42H34N4. The van der Waals surface area contributed by atoms with Gasteiger partial charge in [0, 0.05) is 28.2 Å². The van der Waals surface area contributed by atoms with Crippen LogP contribution in [0, 0.1) is 0 Å². The number of hydrogen-bond donors (Lipinski definition) is 2. The highest BCUT2D eigenvalue weighted by atomic mass is 15.0. The van der Waals surface area contributed by atoms with E-state index in [9.17, 15) is 0 Å². The second-order valence-corrected chi connectivity index (χ2v) is 10.7. The SMILES string of the molecule is Nc1ccccc1-c1ccc(-c2cccc(-c3ccccc3)c2)cc1.Nc1ncc2ccc3ccccc3c2n1.c1ccccc1. The predicted molar refractivity (Wildman–Crippen MR) is 195 cm³/mol. The molecule has 1 aromatic heterocycles. The molecule has 8 rings (SSSR count). The Morgan fingerprint density at radius 1 is 0.391 bits per heavy atom. The third-order valence-electron chi connectivity index (χ3n) is 7.62. The molecule has 0 amide bonds. The van der Waals surface area contributed by atoms with Crippen molar-refractivity contribution in [1.82, 2.24) is 9.97 Å². The molecule has 4 heteroatoms. The molecule has 1 heterocycles. The minimum absolute atomic E-state index is 0.318. The molecular weight excluding hydrogens is 560 g/mol. The predicted octanol–water partition coefficient (Wildman–Crippen LogP) is 10.3. The van der Waals surface area contributed by atoms with Crippen molar-refractivity contribution in [2.75, 3.05) is 11.5 Å². The highest BCUT2D eigenvalue weighted by Gasteiger charge is 2.05. The van der Waals surface area contributed by atoms with E-state index in [1.165, 1.54) is 27.6 Å². The van der Waals surface area contributed by atoms with Crippen molar-refractivity contribution in [3.63, 3.8) is 0 Å². The number of para-hydroxylation sites is 1. The zero-order valence-electron chi connectivity index (χ0n) is 25.4. The first-order chi connectivity index (χ1) is 22.7. The number of benzene rings is 7. The summed E-state index contributed by atoms with van der Waals surface area (Å²) in [4.78, 5) is 8.25. The molecule has 0 atom stereocenters. The fraction of sp³-hybridized carbons (Fsp3) is 0. The van der Waals surface area contributed by atoms with Crippen molar-refractivity contribution in [3.8, 4) is 33.4 Å². The van der Waals surface area contributed by atoms with E-state index >= 15 is 0 Å². The van der Waals surface area contributed by atoms with Gasteiger partial charge in [-0.2, -0.15) is 0 Å². The largest absolute Gasteiger partial charge is 0.398 e. The maximum Gasteiger partial charge on any atom is 0.220 e. The average Bonchev–Trinajstić information content (AvgIpc) is 3.13. The fourth-order valence-corrected chi connectivity index (χ4v) is 5.28. The van der Waals surface area contributed by atoms with Crippen molar-refractivity contribution in [1.29, 1.82) is 0 Å². The summed E-state index contributed by atoms with van der Waals surface area (Å²) in [5.41, 5.74) is 20.5. The third kappa shape index (κ3) is 7.26. The molecule has 46 heavy (non-hydrogen) atoms. The summed E-state index contributed by atoms with van der Waals surface area (Å²) in [6, 6.07) is 59.9. The normalized spacial score (nSPS) is 10.3. The fourth-order valence-electron chi connectivity index (χ4n) is 5.28. The van der Waals surface area contributed by atoms with Crippen LogP contribution in [0.4, 0.5) is 11.6 Å². The van der Waals surface area contributed by atoms with Crippen LogP contribution in [0.5, 0.6) is 0 Å². The van der Waals surface area contributed by atoms with Gasteiger partial charge in [0.05, 0.1) is 5.52 Å². The van der Waals surface area contributed by atoms with Crippen LogP contribution in [-0.4, -0.2) is 9.97 Å². The van der Waals surface area contributed by atoms with Crippen LogP contribution < -0.4 is 11.5 Å². The Morgan fingerprint density at radius 2 is 0.913 bits per heavy atom. The first-order valence-electron chi connectivity index (χ1n) is 15.2. The Kier molecular flexibility index (Phi) is 9.38. The lowest BCUT2D eigenvalue weighted by Crippen LogP contribution is -1.94. The molecule has 0 spiro atoms. The van der Waals surface area contributed by atoms with E-state index in [1.54, 1.807) is 6.20 Å². The number of fused-ring (bicyclic) bond motifs is 3. The van der Waals surface area contributed by atoms with E-state index in [0.29, 0.717) is 5.95 Å². The summed E-state index contributed by atoms with van der Waals surface area (Å²) in [5, 5.41) is 3.30. The van der Waals surface area contributed by atoms with E-state index in [-0.39, 0.29) is 0 Å². The van der Waals surface area contributed by atoms with Crippen molar-refractivity contribution in [3.05, 3.63) is 182 Å². The third-order valence-corrected chi connectivity index (χ3v) is 7.62. The highest BCUT2D eigenvalue weighted by molar-refractivity contribution is 6.05. The molecule has 0 saturated heterocycles. The smallest absolute Gasteiger partial charge is 0.220 e. The minimum atomic E-state index is 0.318. The second-order valence-electron chi connectivity index (χ2n) is 10.7. The molecule has 0 saturated carbocycles. The minimum Gasteiger partial charge on any atom is -0.398 e. The summed E-state index contributed by atoms with van der Waals surface area (Å²) in [6.07, 6.45) is 1.75. The van der Waals surface area contributed by atoms with Crippen molar-refractivity contribution in [2.45, 2.75) is 0 Å². The number of rotatable bonds is 3. The van der Waals surface area contributed by atoms with Crippen LogP contribution in [0.15, 0.2) is 182 Å². The van der Waals surface area contributed by atoms with E-state index in [0.717, 1.165) is 33.1 Å². The first-order valence-corrected chi connectivity index (χ1v) is 15.2. The van der Waals surface area contributed by atoms with Crippen molar-refractivity contribution >= 4 is 33.3 Å². The monoisotopic (exact) mass is 594 g/mol. The van der Waals surface area contributed by atoms with Gasteiger partial charge in [0.15, 0.2) is 0 Å². The Hall–Kier alpha value is -6.26. The number of aromatic nitrogens is 2. The van der Waals surface area contributed by atoms with Gasteiger partial charge < -0.3 is 11.5 Å². The zero-order valence-corrected chi connectivity index (χ0v) is 25.4. The maximum absolute atomic E-state index is 6.09. The molecule has 0 unspecified atom stereocenters. The van der Waals surface area contributed by atoms with Crippen LogP contribution in [0.3, 0.4) is 0 Å². The van der Waals surface area contributed by atoms with Gasteiger partial charge in [-0.1, -0.05) is 164 Å². The van der Waals surface area contributed by atoms with Crippen LogP contribution >= 0.6 is 0 Å². The quantitative estimate of drug-likeness (QED) is 0.158. The summed E-state index contributed by atoms with van der Waals surface area (Å²) in [6.45, 7) is 0. The summed E-state index contributed by atoms with van der Waals surface area (Å²) >= 11 is 0. The molecule has 0 radical (unpaired) electrons. The van der Waals surface area contributed by atoms with Crippen molar-refractivity contribution < 1.29 is 0 Å². The number of nitrogens with zero attached hydrogens (tertiary/aromatic N) is 2. The summed E-state index contributed by atoms with van der Waals surface area (Å²) in [7, 11) is 0. The van der Waals surface area contributed by atoms with E-state index < -0.39 is 0 Å².